The lowest BCUT2D eigenvalue weighted by atomic mass is 10.0. The molecule has 0 aliphatic carbocycles. The molecule has 0 bridgehead atoms. The van der Waals surface area contributed by atoms with Crippen molar-refractivity contribution in [3.63, 3.8) is 0 Å². The number of aliphatic hydroxyl groups is 1. The number of hydrogen-bond donors (Lipinski definition) is 2. The van der Waals surface area contributed by atoms with Crippen molar-refractivity contribution in [2.45, 2.75) is 45.6 Å². The molecule has 13 heteroatoms. The van der Waals surface area contributed by atoms with E-state index in [-0.39, 0.29) is 53.6 Å². The number of aliphatic hydroxyl groups excluding tert-OH is 1. The molecule has 2 aromatic heterocycles. The molecule has 238 valence electrons. The van der Waals surface area contributed by atoms with Crippen molar-refractivity contribution >= 4 is 17.5 Å². The summed E-state index contributed by atoms with van der Waals surface area (Å²) in [5.41, 5.74) is 0.992. The number of carbonyl (C=O) groups excluding carboxylic acids is 2. The molecule has 1 aliphatic heterocycles. The van der Waals surface area contributed by atoms with Crippen LogP contribution in [0.25, 0.3) is 16.9 Å². The summed E-state index contributed by atoms with van der Waals surface area (Å²) in [6.45, 7) is 5.98. The Hall–Kier alpha value is -4.49. The fraction of sp³-hybridized carbons (Fsp3) is 0.375. The number of piperazine rings is 1. The molecule has 0 spiro atoms. The number of rotatable bonds is 8. The Morgan fingerprint density at radius 3 is 2.51 bits per heavy atom. The predicted octanol–water partition coefficient (Wildman–Crippen LogP) is 4.25. The molecule has 5 rings (SSSR count). The van der Waals surface area contributed by atoms with Crippen LogP contribution in [0, 0.1) is 6.92 Å². The van der Waals surface area contributed by atoms with Gasteiger partial charge in [0.05, 0.1) is 31.6 Å². The van der Waals surface area contributed by atoms with Gasteiger partial charge in [-0.05, 0) is 49.2 Å². The summed E-state index contributed by atoms with van der Waals surface area (Å²) in [5, 5.41) is 17.1. The number of halogens is 3. The normalized spacial score (nSPS) is 16.5. The number of amides is 2. The Morgan fingerprint density at radius 2 is 1.89 bits per heavy atom. The lowest BCUT2D eigenvalue weighted by Crippen LogP contribution is -2.55. The summed E-state index contributed by atoms with van der Waals surface area (Å²) in [4.78, 5) is 33.5. The molecule has 2 aromatic carbocycles. The molecule has 1 saturated heterocycles. The summed E-state index contributed by atoms with van der Waals surface area (Å²) in [5.74, 6) is -0.0694. The molecule has 3 heterocycles. The highest BCUT2D eigenvalue weighted by molar-refractivity contribution is 6.00. The van der Waals surface area contributed by atoms with Gasteiger partial charge in [0, 0.05) is 50.3 Å². The molecule has 0 saturated carbocycles. The molecule has 45 heavy (non-hydrogen) atoms. The van der Waals surface area contributed by atoms with Crippen LogP contribution in [0.3, 0.4) is 0 Å². The molecular formula is C32H35F3N6O4. The summed E-state index contributed by atoms with van der Waals surface area (Å²) in [6.07, 6.45) is -3.61. The molecule has 1 aliphatic rings. The van der Waals surface area contributed by atoms with E-state index in [1.165, 1.54) is 21.0 Å². The van der Waals surface area contributed by atoms with Crippen LogP contribution in [0.2, 0.25) is 0 Å². The Bertz CT molecular complexity index is 1710. The average Bonchev–Trinajstić information content (AvgIpc) is 3.42. The van der Waals surface area contributed by atoms with Crippen molar-refractivity contribution in [3.8, 4) is 17.0 Å². The maximum absolute atomic E-state index is 14.4. The van der Waals surface area contributed by atoms with Crippen molar-refractivity contribution in [3.05, 3.63) is 82.7 Å². The lowest BCUT2D eigenvalue weighted by molar-refractivity contribution is -0.143. The van der Waals surface area contributed by atoms with Gasteiger partial charge in [-0.15, -0.1) is 0 Å². The fourth-order valence-corrected chi connectivity index (χ4v) is 5.88. The molecular weight excluding hydrogens is 589 g/mol. The SMILES string of the molecule is COc1ccc(-c2nc3c(C(=O)N4CCN([C@H](CO)c5cccc(CNC(C)=O)c5)C[C@H]4C)cnn3c(C(F)(F)F)c2C)cc1. The monoisotopic (exact) mass is 624 g/mol. The second-order valence-electron chi connectivity index (χ2n) is 11.1. The van der Waals surface area contributed by atoms with Gasteiger partial charge >= 0.3 is 6.18 Å². The number of carbonyl (C=O) groups is 2. The first kappa shape index (κ1) is 31.9. The number of nitrogens with one attached hydrogen (secondary N) is 1. The average molecular weight is 625 g/mol. The van der Waals surface area contributed by atoms with E-state index in [1.807, 2.05) is 31.2 Å². The maximum Gasteiger partial charge on any atom is 0.433 e. The minimum absolute atomic E-state index is 0.0278. The van der Waals surface area contributed by atoms with Crippen LogP contribution in [0.4, 0.5) is 13.2 Å². The second kappa shape index (κ2) is 12.9. The summed E-state index contributed by atoms with van der Waals surface area (Å²) in [7, 11) is 1.50. The van der Waals surface area contributed by atoms with Crippen molar-refractivity contribution < 1.29 is 32.6 Å². The van der Waals surface area contributed by atoms with E-state index in [0.717, 1.165) is 17.3 Å². The zero-order chi connectivity index (χ0) is 32.5. The molecule has 2 amide bonds. The van der Waals surface area contributed by atoms with Crippen LogP contribution in [0.15, 0.2) is 54.7 Å². The van der Waals surface area contributed by atoms with Gasteiger partial charge in [0.15, 0.2) is 11.3 Å². The van der Waals surface area contributed by atoms with Crippen LogP contribution in [0.1, 0.15) is 52.6 Å². The third-order valence-electron chi connectivity index (χ3n) is 8.16. The van der Waals surface area contributed by atoms with E-state index in [0.29, 0.717) is 35.5 Å². The van der Waals surface area contributed by atoms with Gasteiger partial charge in [-0.25, -0.2) is 9.50 Å². The smallest absolute Gasteiger partial charge is 0.433 e. The Kier molecular flexibility index (Phi) is 9.12. The van der Waals surface area contributed by atoms with E-state index >= 15 is 0 Å². The molecule has 4 aromatic rings. The first-order valence-corrected chi connectivity index (χ1v) is 14.5. The summed E-state index contributed by atoms with van der Waals surface area (Å²) >= 11 is 0. The molecule has 0 unspecified atom stereocenters. The number of benzene rings is 2. The molecule has 2 N–H and O–H groups in total. The highest BCUT2D eigenvalue weighted by atomic mass is 19.4. The van der Waals surface area contributed by atoms with Crippen LogP contribution >= 0.6 is 0 Å². The highest BCUT2D eigenvalue weighted by Gasteiger charge is 2.39. The third-order valence-corrected chi connectivity index (χ3v) is 8.16. The Labute approximate surface area is 258 Å². The number of methoxy groups -OCH3 is 1. The topological polar surface area (TPSA) is 112 Å². The van der Waals surface area contributed by atoms with E-state index in [9.17, 15) is 27.9 Å². The second-order valence-corrected chi connectivity index (χ2v) is 11.1. The quantitative estimate of drug-likeness (QED) is 0.302. The molecule has 2 atom stereocenters. The molecule has 10 nitrogen and oxygen atoms in total. The van der Waals surface area contributed by atoms with Crippen molar-refractivity contribution in [2.24, 2.45) is 0 Å². The number of hydrogen-bond acceptors (Lipinski definition) is 7. The van der Waals surface area contributed by atoms with Crippen LogP contribution in [0.5, 0.6) is 5.75 Å². The zero-order valence-electron chi connectivity index (χ0n) is 25.4. The van der Waals surface area contributed by atoms with E-state index in [4.69, 9.17) is 4.74 Å². The number of aromatic nitrogens is 3. The fourth-order valence-electron chi connectivity index (χ4n) is 5.88. The third kappa shape index (κ3) is 6.50. The number of nitrogens with zero attached hydrogens (tertiary/aromatic N) is 5. The first-order valence-electron chi connectivity index (χ1n) is 14.5. The van der Waals surface area contributed by atoms with E-state index in [2.05, 4.69) is 20.3 Å². The standard InChI is InChI=1S/C32H35F3N6O4/c1-19-17-39(27(18-42)24-7-5-6-22(14-24)15-36-21(3)43)12-13-40(19)31(44)26-16-37-41-29(32(33,34)35)20(2)28(38-30(26)41)23-8-10-25(45-4)11-9-23/h5-11,14,16,19,27,42H,12-13,15,17-18H2,1-4H3,(H,36,43)/t19-,27-/m1/s1. The molecule has 0 radical (unpaired) electrons. The van der Waals surface area contributed by atoms with Crippen molar-refractivity contribution in [2.75, 3.05) is 33.4 Å². The van der Waals surface area contributed by atoms with Gasteiger partial charge in [0.1, 0.15) is 11.3 Å². The minimum atomic E-state index is -4.75. The molecule has 1 fully saturated rings. The van der Waals surface area contributed by atoms with E-state index < -0.39 is 17.8 Å². The Morgan fingerprint density at radius 1 is 1.16 bits per heavy atom. The van der Waals surface area contributed by atoms with Gasteiger partial charge < -0.3 is 20.1 Å². The lowest BCUT2D eigenvalue weighted by Gasteiger charge is -2.43. The maximum atomic E-state index is 14.4. The first-order chi connectivity index (χ1) is 21.4. The van der Waals surface area contributed by atoms with Crippen LogP contribution < -0.4 is 10.1 Å². The van der Waals surface area contributed by atoms with Gasteiger partial charge in [-0.2, -0.15) is 18.3 Å². The van der Waals surface area contributed by atoms with Gasteiger partial charge in [0.2, 0.25) is 5.91 Å². The van der Waals surface area contributed by atoms with Gasteiger partial charge in [0.25, 0.3) is 5.91 Å². The van der Waals surface area contributed by atoms with Crippen molar-refractivity contribution in [1.82, 2.24) is 29.7 Å². The Balaban J connectivity index is 1.43. The van der Waals surface area contributed by atoms with Crippen LogP contribution in [-0.2, 0) is 17.5 Å². The van der Waals surface area contributed by atoms with Crippen molar-refractivity contribution in [1.29, 1.82) is 0 Å². The predicted molar refractivity (Wildman–Crippen MR) is 161 cm³/mol. The number of fused-ring (bicyclic) bond motifs is 1. The highest BCUT2D eigenvalue weighted by Crippen LogP contribution is 2.37. The zero-order valence-corrected chi connectivity index (χ0v) is 25.4. The van der Waals surface area contributed by atoms with Crippen LogP contribution in [-0.4, -0.2) is 80.7 Å². The number of alkyl halides is 3. The van der Waals surface area contributed by atoms with Gasteiger partial charge in [-0.3, -0.25) is 14.5 Å². The minimum Gasteiger partial charge on any atom is -0.497 e. The number of ether oxygens (including phenoxy) is 1. The summed E-state index contributed by atoms with van der Waals surface area (Å²) < 4.78 is 49.0. The van der Waals surface area contributed by atoms with Gasteiger partial charge in [-0.1, -0.05) is 24.3 Å². The summed E-state index contributed by atoms with van der Waals surface area (Å²) in [6, 6.07) is 13.4. The largest absolute Gasteiger partial charge is 0.497 e. The van der Waals surface area contributed by atoms with E-state index in [1.54, 1.807) is 29.2 Å².